The monoisotopic (exact) mass is 290 g/mol. The Morgan fingerprint density at radius 3 is 2.50 bits per heavy atom. The molecule has 0 spiro atoms. The molecule has 0 fully saturated rings. The van der Waals surface area contributed by atoms with Gasteiger partial charge in [-0.2, -0.15) is 0 Å². The molecule has 1 aromatic rings. The van der Waals surface area contributed by atoms with E-state index < -0.39 is 0 Å². The van der Waals surface area contributed by atoms with Gasteiger partial charge in [-0.1, -0.05) is 50.1 Å². The van der Waals surface area contributed by atoms with E-state index in [0.717, 1.165) is 10.0 Å². The molecule has 1 rings (SSSR count). The lowest BCUT2D eigenvalue weighted by atomic mass is 10.1. The van der Waals surface area contributed by atoms with E-state index in [2.05, 4.69) is 31.9 Å². The number of hydrogen-bond acceptors (Lipinski definition) is 1. The fraction of sp³-hybridized carbons (Fsp3) is 0.222. The van der Waals surface area contributed by atoms with E-state index in [1.54, 1.807) is 0 Å². The van der Waals surface area contributed by atoms with Crippen LogP contribution in [-0.4, -0.2) is 10.6 Å². The van der Waals surface area contributed by atoms with Gasteiger partial charge in [0.1, 0.15) is 0 Å². The highest BCUT2D eigenvalue weighted by Crippen LogP contribution is 2.19. The molecule has 1 aromatic carbocycles. The van der Waals surface area contributed by atoms with Crippen LogP contribution in [0.4, 0.5) is 0 Å². The third-order valence-electron chi connectivity index (χ3n) is 1.50. The molecule has 0 radical (unpaired) electrons. The summed E-state index contributed by atoms with van der Waals surface area (Å²) in [4.78, 5) is 11.4. The van der Waals surface area contributed by atoms with Crippen molar-refractivity contribution in [2.75, 3.05) is 0 Å². The van der Waals surface area contributed by atoms with Gasteiger partial charge in [-0.3, -0.25) is 4.79 Å². The summed E-state index contributed by atoms with van der Waals surface area (Å²) < 4.78 is 0.848. The zero-order chi connectivity index (χ0) is 9.14. The van der Waals surface area contributed by atoms with Crippen molar-refractivity contribution in [1.29, 1.82) is 0 Å². The molecule has 0 saturated heterocycles. The van der Waals surface area contributed by atoms with Gasteiger partial charge in [0, 0.05) is 10.0 Å². The van der Waals surface area contributed by atoms with Gasteiger partial charge >= 0.3 is 0 Å². The second-order valence-corrected chi connectivity index (χ2v) is 4.69. The van der Waals surface area contributed by atoms with Gasteiger partial charge in [0.2, 0.25) is 0 Å². The minimum absolute atomic E-state index is 0.0995. The molecule has 64 valence electrons. The number of alkyl halides is 1. The summed E-state index contributed by atoms with van der Waals surface area (Å²) in [5.74, 6) is 0.0995. The first kappa shape index (κ1) is 9.93. The molecule has 0 aliphatic carbocycles. The summed E-state index contributed by atoms with van der Waals surface area (Å²) in [6.07, 6.45) is 0. The molecule has 0 bridgehead atoms. The molecule has 0 aliphatic heterocycles. The molecule has 0 heterocycles. The first-order valence-corrected chi connectivity index (χ1v) is 5.26. The van der Waals surface area contributed by atoms with Gasteiger partial charge in [-0.05, 0) is 13.0 Å². The third-order valence-corrected chi connectivity index (χ3v) is 2.61. The predicted molar refractivity (Wildman–Crippen MR) is 56.9 cm³/mol. The van der Waals surface area contributed by atoms with Gasteiger partial charge in [-0.25, -0.2) is 0 Å². The fourth-order valence-corrected chi connectivity index (χ4v) is 1.60. The number of benzene rings is 1. The van der Waals surface area contributed by atoms with Gasteiger partial charge < -0.3 is 0 Å². The maximum atomic E-state index is 11.5. The summed E-state index contributed by atoms with van der Waals surface area (Å²) in [6.45, 7) is 1.82. The summed E-state index contributed by atoms with van der Waals surface area (Å²) >= 11 is 6.56. The summed E-state index contributed by atoms with van der Waals surface area (Å²) in [5.41, 5.74) is 0.724. The van der Waals surface area contributed by atoms with Crippen molar-refractivity contribution in [3.63, 3.8) is 0 Å². The topological polar surface area (TPSA) is 17.1 Å². The number of carbonyl (C=O) groups is 1. The van der Waals surface area contributed by atoms with Crippen LogP contribution >= 0.6 is 31.9 Å². The van der Waals surface area contributed by atoms with Crippen molar-refractivity contribution >= 4 is 37.6 Å². The van der Waals surface area contributed by atoms with Crippen molar-refractivity contribution in [3.05, 3.63) is 34.3 Å². The highest BCUT2D eigenvalue weighted by molar-refractivity contribution is 9.10. The third kappa shape index (κ3) is 2.17. The lowest BCUT2D eigenvalue weighted by molar-refractivity contribution is 0.0995. The standard InChI is InChI=1S/C9H8Br2O/c1-6(10)9(12)7-4-2-3-5-8(7)11/h2-6H,1H3. The average Bonchev–Trinajstić information content (AvgIpc) is 2.04. The van der Waals surface area contributed by atoms with Crippen molar-refractivity contribution in [1.82, 2.24) is 0 Å². The quantitative estimate of drug-likeness (QED) is 0.603. The van der Waals surface area contributed by atoms with Gasteiger partial charge in [0.15, 0.2) is 5.78 Å². The van der Waals surface area contributed by atoms with Crippen LogP contribution in [0, 0.1) is 0 Å². The van der Waals surface area contributed by atoms with E-state index >= 15 is 0 Å². The smallest absolute Gasteiger partial charge is 0.177 e. The van der Waals surface area contributed by atoms with E-state index in [4.69, 9.17) is 0 Å². The van der Waals surface area contributed by atoms with E-state index in [1.165, 1.54) is 0 Å². The Morgan fingerprint density at radius 2 is 2.00 bits per heavy atom. The Kier molecular flexibility index (Phi) is 3.47. The van der Waals surface area contributed by atoms with Gasteiger partial charge in [0.25, 0.3) is 0 Å². The Labute approximate surface area is 88.4 Å². The second-order valence-electron chi connectivity index (χ2n) is 2.46. The van der Waals surface area contributed by atoms with Crippen molar-refractivity contribution in [3.8, 4) is 0 Å². The van der Waals surface area contributed by atoms with Crippen LogP contribution in [0.5, 0.6) is 0 Å². The molecule has 0 N–H and O–H groups in total. The lowest BCUT2D eigenvalue weighted by Crippen LogP contribution is -2.10. The van der Waals surface area contributed by atoms with Crippen molar-refractivity contribution < 1.29 is 4.79 Å². The van der Waals surface area contributed by atoms with E-state index in [1.807, 2.05) is 31.2 Å². The van der Waals surface area contributed by atoms with Crippen molar-refractivity contribution in [2.45, 2.75) is 11.8 Å². The Bertz CT molecular complexity index is 294. The van der Waals surface area contributed by atoms with Gasteiger partial charge in [-0.15, -0.1) is 0 Å². The highest BCUT2D eigenvalue weighted by Gasteiger charge is 2.13. The van der Waals surface area contributed by atoms with E-state index in [-0.39, 0.29) is 10.6 Å². The molecule has 0 saturated carbocycles. The Balaban J connectivity index is 3.03. The zero-order valence-corrected chi connectivity index (χ0v) is 9.72. The zero-order valence-electron chi connectivity index (χ0n) is 6.55. The minimum Gasteiger partial charge on any atom is -0.293 e. The molecule has 1 atom stereocenters. The van der Waals surface area contributed by atoms with E-state index in [9.17, 15) is 4.79 Å². The maximum Gasteiger partial charge on any atom is 0.177 e. The molecule has 0 aromatic heterocycles. The average molecular weight is 292 g/mol. The first-order chi connectivity index (χ1) is 5.63. The van der Waals surface area contributed by atoms with Crippen LogP contribution in [0.2, 0.25) is 0 Å². The van der Waals surface area contributed by atoms with Crippen LogP contribution in [0.1, 0.15) is 17.3 Å². The first-order valence-electron chi connectivity index (χ1n) is 3.55. The number of Topliss-reactive ketones (excluding diaryl/α,β-unsaturated/α-hetero) is 1. The predicted octanol–water partition coefficient (Wildman–Crippen LogP) is 3.42. The van der Waals surface area contributed by atoms with Crippen LogP contribution in [0.15, 0.2) is 28.7 Å². The maximum absolute atomic E-state index is 11.5. The van der Waals surface area contributed by atoms with Crippen molar-refractivity contribution in [2.24, 2.45) is 0 Å². The van der Waals surface area contributed by atoms with Crippen LogP contribution < -0.4 is 0 Å². The lowest BCUT2D eigenvalue weighted by Gasteiger charge is -2.03. The number of halogens is 2. The molecule has 1 nitrogen and oxygen atoms in total. The number of rotatable bonds is 2. The van der Waals surface area contributed by atoms with Crippen LogP contribution in [0.3, 0.4) is 0 Å². The largest absolute Gasteiger partial charge is 0.293 e. The molecular weight excluding hydrogens is 284 g/mol. The van der Waals surface area contributed by atoms with Crippen LogP contribution in [-0.2, 0) is 0 Å². The Hall–Kier alpha value is -0.150. The number of hydrogen-bond donors (Lipinski definition) is 0. The van der Waals surface area contributed by atoms with Crippen LogP contribution in [0.25, 0.3) is 0 Å². The minimum atomic E-state index is -0.129. The highest BCUT2D eigenvalue weighted by atomic mass is 79.9. The molecule has 1 unspecified atom stereocenters. The number of carbonyl (C=O) groups excluding carboxylic acids is 1. The van der Waals surface area contributed by atoms with E-state index in [0.29, 0.717) is 0 Å². The normalized spacial score (nSPS) is 12.6. The molecule has 12 heavy (non-hydrogen) atoms. The summed E-state index contributed by atoms with van der Waals surface area (Å²) in [6, 6.07) is 7.42. The summed E-state index contributed by atoms with van der Waals surface area (Å²) in [7, 11) is 0. The Morgan fingerprint density at radius 1 is 1.42 bits per heavy atom. The number of ketones is 1. The SMILES string of the molecule is CC(Br)C(=O)c1ccccc1Br. The molecule has 0 aliphatic rings. The second kappa shape index (κ2) is 4.19. The fourth-order valence-electron chi connectivity index (χ4n) is 0.875. The molecule has 3 heteroatoms. The van der Waals surface area contributed by atoms with Gasteiger partial charge in [0.05, 0.1) is 4.83 Å². The molecule has 0 amide bonds. The molecular formula is C9H8Br2O. The summed E-state index contributed by atoms with van der Waals surface area (Å²) in [5, 5.41) is 0.